The average Bonchev–Trinajstić information content (AvgIpc) is 2.46. The van der Waals surface area contributed by atoms with Crippen molar-refractivity contribution in [2.75, 3.05) is 6.54 Å². The number of amides is 1. The van der Waals surface area contributed by atoms with Gasteiger partial charge in [-0.3, -0.25) is 9.78 Å². The fourth-order valence-corrected chi connectivity index (χ4v) is 2.41. The molecule has 6 nitrogen and oxygen atoms in total. The topological polar surface area (TPSA) is 91.8 Å². The van der Waals surface area contributed by atoms with Crippen LogP contribution in [-0.4, -0.2) is 39.4 Å². The third-order valence-electron chi connectivity index (χ3n) is 3.46. The molecule has 0 saturated carbocycles. The molecule has 0 aliphatic carbocycles. The average molecular weight is 262 g/mol. The number of hydrogen-bond donors (Lipinski definition) is 2. The van der Waals surface area contributed by atoms with Gasteiger partial charge in [-0.1, -0.05) is 5.16 Å². The van der Waals surface area contributed by atoms with Gasteiger partial charge in [-0.15, -0.1) is 0 Å². The Morgan fingerprint density at radius 1 is 1.58 bits per heavy atom. The molecular formula is C13H18N4O2. The number of aromatic nitrogens is 1. The van der Waals surface area contributed by atoms with Crippen molar-refractivity contribution in [3.63, 3.8) is 0 Å². The number of oxime groups is 1. The van der Waals surface area contributed by atoms with E-state index in [-0.39, 0.29) is 17.8 Å². The van der Waals surface area contributed by atoms with Crippen LogP contribution in [0.1, 0.15) is 35.3 Å². The van der Waals surface area contributed by atoms with E-state index in [4.69, 9.17) is 10.9 Å². The van der Waals surface area contributed by atoms with E-state index in [1.54, 1.807) is 30.2 Å². The highest BCUT2D eigenvalue weighted by molar-refractivity contribution is 5.99. The fraction of sp³-hybridized carbons (Fsp3) is 0.462. The minimum atomic E-state index is -0.328. The summed E-state index contributed by atoms with van der Waals surface area (Å²) in [7, 11) is 0. The number of likely N-dealkylation sites (tertiary alicyclic amines) is 1. The molecule has 0 aromatic carbocycles. The molecule has 1 amide bonds. The maximum atomic E-state index is 12.5. The molecule has 1 aromatic rings. The zero-order chi connectivity index (χ0) is 13.8. The highest BCUT2D eigenvalue weighted by Crippen LogP contribution is 2.20. The van der Waals surface area contributed by atoms with Crippen LogP contribution in [0, 0.1) is 6.92 Å². The molecule has 6 heteroatoms. The molecule has 1 unspecified atom stereocenters. The van der Waals surface area contributed by atoms with Gasteiger partial charge in [0.05, 0.1) is 11.6 Å². The van der Waals surface area contributed by atoms with Gasteiger partial charge >= 0.3 is 0 Å². The van der Waals surface area contributed by atoms with Crippen molar-refractivity contribution >= 4 is 11.7 Å². The van der Waals surface area contributed by atoms with Gasteiger partial charge in [-0.05, 0) is 38.3 Å². The van der Waals surface area contributed by atoms with Gasteiger partial charge in [0.1, 0.15) is 0 Å². The normalized spacial score (nSPS) is 20.4. The van der Waals surface area contributed by atoms with Crippen molar-refractivity contribution in [1.82, 2.24) is 9.88 Å². The second-order valence-electron chi connectivity index (χ2n) is 4.67. The predicted octanol–water partition coefficient (Wildman–Crippen LogP) is 1.13. The SMILES string of the molecule is Cc1ncccc1C(=O)N1CCCCC1C(N)=NO. The number of aryl methyl sites for hydroxylation is 1. The second kappa shape index (κ2) is 5.69. The highest BCUT2D eigenvalue weighted by Gasteiger charge is 2.31. The Morgan fingerprint density at radius 3 is 3.05 bits per heavy atom. The Hall–Kier alpha value is -2.11. The molecule has 1 fully saturated rings. The van der Waals surface area contributed by atoms with Crippen LogP contribution in [0.5, 0.6) is 0 Å². The first-order valence-corrected chi connectivity index (χ1v) is 6.35. The standard InChI is InChI=1S/C13H18N4O2/c1-9-10(5-4-7-15-9)13(18)17-8-3-2-6-11(17)12(14)16-19/h4-5,7,11,19H,2-3,6,8H2,1H3,(H2,14,16). The van der Waals surface area contributed by atoms with Crippen molar-refractivity contribution < 1.29 is 10.0 Å². The molecule has 1 aliphatic heterocycles. The van der Waals surface area contributed by atoms with Gasteiger partial charge in [-0.25, -0.2) is 0 Å². The zero-order valence-electron chi connectivity index (χ0n) is 10.9. The number of hydrogen-bond acceptors (Lipinski definition) is 4. The third-order valence-corrected chi connectivity index (χ3v) is 3.46. The quantitative estimate of drug-likeness (QED) is 0.362. The number of piperidine rings is 1. The molecule has 3 N–H and O–H groups in total. The van der Waals surface area contributed by atoms with Crippen LogP contribution in [0.4, 0.5) is 0 Å². The van der Waals surface area contributed by atoms with Crippen LogP contribution in [0.25, 0.3) is 0 Å². The summed E-state index contributed by atoms with van der Waals surface area (Å²) in [4.78, 5) is 18.3. The van der Waals surface area contributed by atoms with Crippen LogP contribution in [0.2, 0.25) is 0 Å². The lowest BCUT2D eigenvalue weighted by molar-refractivity contribution is 0.0675. The first-order valence-electron chi connectivity index (χ1n) is 6.35. The summed E-state index contributed by atoms with van der Waals surface area (Å²) in [5.41, 5.74) is 6.94. The summed E-state index contributed by atoms with van der Waals surface area (Å²) in [6, 6.07) is 3.16. The molecule has 0 bridgehead atoms. The van der Waals surface area contributed by atoms with Crippen LogP contribution in [0.15, 0.2) is 23.5 Å². The van der Waals surface area contributed by atoms with Crippen LogP contribution in [-0.2, 0) is 0 Å². The number of carbonyl (C=O) groups excluding carboxylic acids is 1. The van der Waals surface area contributed by atoms with E-state index in [1.165, 1.54) is 0 Å². The van der Waals surface area contributed by atoms with Crippen molar-refractivity contribution in [1.29, 1.82) is 0 Å². The number of pyridine rings is 1. The van der Waals surface area contributed by atoms with E-state index in [0.29, 0.717) is 17.8 Å². The number of carbonyl (C=O) groups is 1. The molecule has 0 spiro atoms. The van der Waals surface area contributed by atoms with E-state index in [2.05, 4.69) is 10.1 Å². The smallest absolute Gasteiger partial charge is 0.256 e. The Morgan fingerprint density at radius 2 is 2.37 bits per heavy atom. The van der Waals surface area contributed by atoms with E-state index in [1.807, 2.05) is 0 Å². The molecule has 1 saturated heterocycles. The largest absolute Gasteiger partial charge is 0.409 e. The number of nitrogens with zero attached hydrogens (tertiary/aromatic N) is 3. The summed E-state index contributed by atoms with van der Waals surface area (Å²) in [6.07, 6.45) is 4.28. The van der Waals surface area contributed by atoms with Crippen molar-refractivity contribution in [3.05, 3.63) is 29.6 Å². The molecule has 1 aromatic heterocycles. The van der Waals surface area contributed by atoms with Gasteiger partial charge in [-0.2, -0.15) is 0 Å². The minimum absolute atomic E-state index is 0.0922. The number of rotatable bonds is 2. The van der Waals surface area contributed by atoms with Gasteiger partial charge in [0.15, 0.2) is 5.84 Å². The summed E-state index contributed by atoms with van der Waals surface area (Å²) >= 11 is 0. The molecule has 0 radical (unpaired) electrons. The Balaban J connectivity index is 2.28. The lowest BCUT2D eigenvalue weighted by Crippen LogP contribution is -2.50. The first-order chi connectivity index (χ1) is 9.15. The summed E-state index contributed by atoms with van der Waals surface area (Å²) < 4.78 is 0. The van der Waals surface area contributed by atoms with Crippen LogP contribution >= 0.6 is 0 Å². The number of amidine groups is 1. The van der Waals surface area contributed by atoms with Gasteiger partial charge in [0.2, 0.25) is 0 Å². The van der Waals surface area contributed by atoms with E-state index >= 15 is 0 Å². The fourth-order valence-electron chi connectivity index (χ4n) is 2.41. The monoisotopic (exact) mass is 262 g/mol. The zero-order valence-corrected chi connectivity index (χ0v) is 10.9. The Kier molecular flexibility index (Phi) is 3.99. The van der Waals surface area contributed by atoms with E-state index < -0.39 is 0 Å². The lowest BCUT2D eigenvalue weighted by Gasteiger charge is -2.35. The van der Waals surface area contributed by atoms with Gasteiger partial charge < -0.3 is 15.8 Å². The van der Waals surface area contributed by atoms with Gasteiger partial charge in [0.25, 0.3) is 5.91 Å². The lowest BCUT2D eigenvalue weighted by atomic mass is 9.99. The van der Waals surface area contributed by atoms with Crippen molar-refractivity contribution in [2.45, 2.75) is 32.2 Å². The van der Waals surface area contributed by atoms with Crippen molar-refractivity contribution in [3.8, 4) is 0 Å². The second-order valence-corrected chi connectivity index (χ2v) is 4.67. The molecule has 2 heterocycles. The van der Waals surface area contributed by atoms with Crippen LogP contribution in [0.3, 0.4) is 0 Å². The van der Waals surface area contributed by atoms with E-state index in [0.717, 1.165) is 19.3 Å². The first kappa shape index (κ1) is 13.3. The van der Waals surface area contributed by atoms with E-state index in [9.17, 15) is 4.79 Å². The van der Waals surface area contributed by atoms with Gasteiger partial charge in [0, 0.05) is 18.4 Å². The number of nitrogens with two attached hydrogens (primary N) is 1. The molecule has 2 rings (SSSR count). The third kappa shape index (κ3) is 2.67. The molecule has 19 heavy (non-hydrogen) atoms. The maximum absolute atomic E-state index is 12.5. The van der Waals surface area contributed by atoms with Crippen LogP contribution < -0.4 is 5.73 Å². The predicted molar refractivity (Wildman–Crippen MR) is 71.1 cm³/mol. The molecule has 1 atom stereocenters. The minimum Gasteiger partial charge on any atom is -0.409 e. The summed E-state index contributed by atoms with van der Waals surface area (Å²) in [6.45, 7) is 2.42. The maximum Gasteiger partial charge on any atom is 0.256 e. The Bertz CT molecular complexity index is 501. The summed E-state index contributed by atoms with van der Waals surface area (Å²) in [5, 5.41) is 11.9. The summed E-state index contributed by atoms with van der Waals surface area (Å²) in [5.74, 6) is -0.0171. The van der Waals surface area contributed by atoms with Crippen molar-refractivity contribution in [2.24, 2.45) is 10.9 Å². The molecular weight excluding hydrogens is 244 g/mol. The highest BCUT2D eigenvalue weighted by atomic mass is 16.4. The Labute approximate surface area is 111 Å². The molecule has 102 valence electrons. The molecule has 1 aliphatic rings.